The standard InChI is InChI=1S/C20H41NO.2C2H6.H2/c1-19(2)15-11-7-6-10-14-18-21-17-13-9-5-4-8-12-16-20(3)22;2*1-2;/h19,21H,4-18H2,1-3H3;2*1-2H3;1H. The van der Waals surface area contributed by atoms with Crippen LogP contribution in [-0.4, -0.2) is 18.9 Å². The van der Waals surface area contributed by atoms with Crippen molar-refractivity contribution in [2.45, 2.75) is 132 Å². The Bertz CT molecular complexity index is 245. The Morgan fingerprint density at radius 1 is 0.692 bits per heavy atom. The fraction of sp³-hybridized carbons (Fsp3) is 0.958. The molecule has 162 valence electrons. The van der Waals surface area contributed by atoms with Gasteiger partial charge in [-0.1, -0.05) is 99.3 Å². The van der Waals surface area contributed by atoms with Gasteiger partial charge in [0.1, 0.15) is 5.78 Å². The van der Waals surface area contributed by atoms with Crippen molar-refractivity contribution in [1.29, 1.82) is 0 Å². The van der Waals surface area contributed by atoms with Gasteiger partial charge < -0.3 is 10.1 Å². The van der Waals surface area contributed by atoms with Gasteiger partial charge in [0, 0.05) is 7.85 Å². The molecule has 2 nitrogen and oxygen atoms in total. The van der Waals surface area contributed by atoms with Crippen LogP contribution in [0, 0.1) is 5.92 Å². The molecule has 26 heavy (non-hydrogen) atoms. The van der Waals surface area contributed by atoms with Gasteiger partial charge in [-0.3, -0.25) is 0 Å². The molecular weight excluding hydrogens is 318 g/mol. The lowest BCUT2D eigenvalue weighted by Gasteiger charge is -2.06. The molecule has 0 atom stereocenters. The first-order valence-corrected chi connectivity index (χ1v) is 11.8. The fourth-order valence-electron chi connectivity index (χ4n) is 2.79. The van der Waals surface area contributed by atoms with Crippen molar-refractivity contribution in [2.75, 3.05) is 13.1 Å². The summed E-state index contributed by atoms with van der Waals surface area (Å²) >= 11 is 0. The van der Waals surface area contributed by atoms with Crippen LogP contribution >= 0.6 is 0 Å². The Labute approximate surface area is 168 Å². The van der Waals surface area contributed by atoms with Crippen LogP contribution in [0.3, 0.4) is 0 Å². The van der Waals surface area contributed by atoms with Crippen LogP contribution in [0.15, 0.2) is 0 Å². The van der Waals surface area contributed by atoms with Crippen LogP contribution in [0.5, 0.6) is 0 Å². The van der Waals surface area contributed by atoms with E-state index in [1.807, 2.05) is 27.7 Å². The van der Waals surface area contributed by atoms with Crippen LogP contribution in [-0.2, 0) is 4.79 Å². The van der Waals surface area contributed by atoms with Gasteiger partial charge in [-0.25, -0.2) is 0 Å². The van der Waals surface area contributed by atoms with E-state index < -0.39 is 0 Å². The Kier molecular flexibility index (Phi) is 34.3. The predicted molar refractivity (Wildman–Crippen MR) is 123 cm³/mol. The SMILES string of the molecule is CC.CC.CC(=O)CCCCCCCCNCCCCCCCC(C)C.[HH]. The monoisotopic (exact) mass is 373 g/mol. The molecule has 0 aromatic carbocycles. The van der Waals surface area contributed by atoms with E-state index in [0.717, 1.165) is 18.8 Å². The number of ketones is 1. The third-order valence-corrected chi connectivity index (χ3v) is 4.27. The van der Waals surface area contributed by atoms with E-state index in [9.17, 15) is 4.79 Å². The van der Waals surface area contributed by atoms with Gasteiger partial charge in [0.05, 0.1) is 0 Å². The lowest BCUT2D eigenvalue weighted by atomic mass is 10.0. The highest BCUT2D eigenvalue weighted by atomic mass is 16.1. The first kappa shape index (κ1) is 30.4. The second-order valence-corrected chi connectivity index (χ2v) is 7.27. The summed E-state index contributed by atoms with van der Waals surface area (Å²) in [6.45, 7) is 16.7. The third-order valence-electron chi connectivity index (χ3n) is 4.27. The second kappa shape index (κ2) is 29.4. The molecule has 0 saturated carbocycles. The number of Topliss-reactive ketones (excluding diaryl/α,β-unsaturated/α-hetero) is 1. The summed E-state index contributed by atoms with van der Waals surface area (Å²) in [7, 11) is 0. The summed E-state index contributed by atoms with van der Waals surface area (Å²) in [6, 6.07) is 0. The number of carbonyl (C=O) groups excluding carboxylic acids is 1. The number of nitrogens with one attached hydrogen (secondary N) is 1. The molecule has 0 unspecified atom stereocenters. The van der Waals surface area contributed by atoms with Crippen molar-refractivity contribution in [2.24, 2.45) is 5.92 Å². The molecule has 0 radical (unpaired) electrons. The lowest BCUT2D eigenvalue weighted by molar-refractivity contribution is -0.117. The average Bonchev–Trinajstić information content (AvgIpc) is 2.64. The minimum Gasteiger partial charge on any atom is -0.317 e. The molecular formula is C24H55NO. The minimum absolute atomic E-state index is 0. The molecule has 0 fully saturated rings. The van der Waals surface area contributed by atoms with E-state index in [1.165, 1.54) is 83.7 Å². The van der Waals surface area contributed by atoms with Gasteiger partial charge in [-0.05, 0) is 45.2 Å². The fourth-order valence-corrected chi connectivity index (χ4v) is 2.79. The number of unbranched alkanes of at least 4 members (excludes halogenated alkanes) is 9. The van der Waals surface area contributed by atoms with E-state index in [4.69, 9.17) is 0 Å². The highest BCUT2D eigenvalue weighted by molar-refractivity contribution is 5.75. The van der Waals surface area contributed by atoms with Crippen molar-refractivity contribution < 1.29 is 6.22 Å². The maximum Gasteiger partial charge on any atom is 0.129 e. The summed E-state index contributed by atoms with van der Waals surface area (Å²) in [5.41, 5.74) is 0. The molecule has 2 heteroatoms. The van der Waals surface area contributed by atoms with E-state index in [-0.39, 0.29) is 1.43 Å². The molecule has 0 spiro atoms. The van der Waals surface area contributed by atoms with Gasteiger partial charge in [0.25, 0.3) is 0 Å². The normalized spacial score (nSPS) is 10.0. The number of rotatable bonds is 17. The van der Waals surface area contributed by atoms with Crippen LogP contribution < -0.4 is 5.32 Å². The number of hydrogen-bond donors (Lipinski definition) is 1. The smallest absolute Gasteiger partial charge is 0.129 e. The van der Waals surface area contributed by atoms with Crippen LogP contribution in [0.25, 0.3) is 0 Å². The van der Waals surface area contributed by atoms with Gasteiger partial charge in [0.15, 0.2) is 0 Å². The Morgan fingerprint density at radius 3 is 1.50 bits per heavy atom. The zero-order chi connectivity index (χ0) is 20.5. The number of carbonyl (C=O) groups is 1. The molecule has 0 aliphatic heterocycles. The summed E-state index contributed by atoms with van der Waals surface area (Å²) in [6.07, 6.45) is 16.7. The molecule has 0 heterocycles. The molecule has 1 N–H and O–H groups in total. The Balaban J connectivity index is -0.000000492. The first-order valence-electron chi connectivity index (χ1n) is 11.8. The minimum atomic E-state index is 0. The van der Waals surface area contributed by atoms with E-state index in [2.05, 4.69) is 19.2 Å². The molecule has 0 aliphatic carbocycles. The molecule has 0 rings (SSSR count). The molecule has 0 aliphatic rings. The third kappa shape index (κ3) is 34.9. The molecule has 0 aromatic rings. The topological polar surface area (TPSA) is 29.1 Å². The lowest BCUT2D eigenvalue weighted by Crippen LogP contribution is -2.16. The zero-order valence-electron chi connectivity index (χ0n) is 19.6. The first-order chi connectivity index (χ1) is 12.6. The molecule has 0 amide bonds. The highest BCUT2D eigenvalue weighted by Crippen LogP contribution is 2.10. The van der Waals surface area contributed by atoms with Crippen molar-refractivity contribution >= 4 is 5.78 Å². The number of hydrogen-bond acceptors (Lipinski definition) is 2. The van der Waals surface area contributed by atoms with Crippen LogP contribution in [0.2, 0.25) is 0 Å². The maximum absolute atomic E-state index is 10.8. The maximum atomic E-state index is 10.8. The summed E-state index contributed by atoms with van der Waals surface area (Å²) in [5, 5.41) is 3.57. The van der Waals surface area contributed by atoms with Gasteiger partial charge in [0.2, 0.25) is 0 Å². The highest BCUT2D eigenvalue weighted by Gasteiger charge is 1.96. The van der Waals surface area contributed by atoms with Crippen molar-refractivity contribution in [3.8, 4) is 0 Å². The average molecular weight is 374 g/mol. The second-order valence-electron chi connectivity index (χ2n) is 7.27. The summed E-state index contributed by atoms with van der Waals surface area (Å²) < 4.78 is 0. The van der Waals surface area contributed by atoms with Crippen molar-refractivity contribution in [3.05, 3.63) is 0 Å². The van der Waals surface area contributed by atoms with Crippen LogP contribution in [0.1, 0.15) is 133 Å². The van der Waals surface area contributed by atoms with Crippen LogP contribution in [0.4, 0.5) is 0 Å². The quantitative estimate of drug-likeness (QED) is 0.260. The summed E-state index contributed by atoms with van der Waals surface area (Å²) in [4.78, 5) is 10.8. The zero-order valence-corrected chi connectivity index (χ0v) is 19.6. The van der Waals surface area contributed by atoms with Gasteiger partial charge in [-0.15, -0.1) is 0 Å². The van der Waals surface area contributed by atoms with Crippen molar-refractivity contribution in [3.63, 3.8) is 0 Å². The Hall–Kier alpha value is -0.370. The van der Waals surface area contributed by atoms with Crippen molar-refractivity contribution in [1.82, 2.24) is 5.32 Å². The Morgan fingerprint density at radius 2 is 1.08 bits per heavy atom. The summed E-state index contributed by atoms with van der Waals surface area (Å²) in [5.74, 6) is 1.21. The predicted octanol–water partition coefficient (Wildman–Crippen LogP) is 8.19. The van der Waals surface area contributed by atoms with E-state index >= 15 is 0 Å². The molecule has 0 aromatic heterocycles. The van der Waals surface area contributed by atoms with E-state index in [0.29, 0.717) is 5.78 Å². The largest absolute Gasteiger partial charge is 0.317 e. The van der Waals surface area contributed by atoms with Gasteiger partial charge >= 0.3 is 0 Å². The molecule has 0 saturated heterocycles. The molecule has 0 bridgehead atoms. The van der Waals surface area contributed by atoms with E-state index in [1.54, 1.807) is 6.92 Å². The van der Waals surface area contributed by atoms with Gasteiger partial charge in [-0.2, -0.15) is 0 Å².